The van der Waals surface area contributed by atoms with Crippen molar-refractivity contribution in [3.05, 3.63) is 0 Å². The van der Waals surface area contributed by atoms with Crippen LogP contribution in [0.25, 0.3) is 0 Å². The molecular weight excluding hydrogens is 604 g/mol. The Kier molecular flexibility index (Phi) is 15.8. The van der Waals surface area contributed by atoms with E-state index < -0.39 is 0 Å². The lowest BCUT2D eigenvalue weighted by molar-refractivity contribution is -0.132. The van der Waals surface area contributed by atoms with Gasteiger partial charge < -0.3 is 30.2 Å². The van der Waals surface area contributed by atoms with Crippen LogP contribution < -0.4 is 10.6 Å². The number of hydrogen-bond donors (Lipinski definition) is 2. The highest BCUT2D eigenvalue weighted by Crippen LogP contribution is 2.49. The van der Waals surface area contributed by atoms with Gasteiger partial charge in [0.1, 0.15) is 0 Å². The van der Waals surface area contributed by atoms with E-state index in [1.165, 1.54) is 51.4 Å². The second-order valence-electron chi connectivity index (χ2n) is 17.0. The first-order valence-electron chi connectivity index (χ1n) is 19.1. The van der Waals surface area contributed by atoms with Crippen molar-refractivity contribution in [3.63, 3.8) is 0 Å². The molecular formula is C38H70N6O4. The summed E-state index contributed by atoms with van der Waals surface area (Å²) in [5, 5.41) is 6.34. The lowest BCUT2D eigenvalue weighted by atomic mass is 9.60. The van der Waals surface area contributed by atoms with Crippen molar-refractivity contribution in [1.82, 2.24) is 30.2 Å². The summed E-state index contributed by atoms with van der Waals surface area (Å²) < 4.78 is 0. The Morgan fingerprint density at radius 1 is 0.604 bits per heavy atom. The standard InChI is InChI=1S/C38H70N6O4/c1-37(2)26-31(25-34(46)42(5)21-14-20-41(4)33(45)24-30-16-10-8-11-17-30)27-38(3,28-37)29-39-35(47)43(6)22-15-23-44(7)36(48)40-32-18-12-9-13-19-32/h30-32H,8-29H2,1-7H3,(H,39,47)(H,40,48). The molecule has 3 aliphatic carbocycles. The molecule has 3 aliphatic rings. The Hall–Kier alpha value is -2.52. The average molecular weight is 675 g/mol. The third-order valence-corrected chi connectivity index (χ3v) is 11.3. The quantitative estimate of drug-likeness (QED) is 0.207. The molecule has 2 unspecified atom stereocenters. The molecule has 48 heavy (non-hydrogen) atoms. The molecule has 276 valence electrons. The molecule has 0 saturated heterocycles. The van der Waals surface area contributed by atoms with Crippen LogP contribution in [0.15, 0.2) is 0 Å². The molecule has 2 N–H and O–H groups in total. The van der Waals surface area contributed by atoms with E-state index in [4.69, 9.17) is 0 Å². The van der Waals surface area contributed by atoms with E-state index in [2.05, 4.69) is 31.4 Å². The number of hydrogen-bond acceptors (Lipinski definition) is 4. The van der Waals surface area contributed by atoms with Crippen LogP contribution in [-0.2, 0) is 9.59 Å². The summed E-state index contributed by atoms with van der Waals surface area (Å²) in [6, 6.07) is 0.172. The first-order chi connectivity index (χ1) is 22.7. The van der Waals surface area contributed by atoms with Gasteiger partial charge in [0.25, 0.3) is 0 Å². The first-order valence-corrected chi connectivity index (χ1v) is 19.1. The fourth-order valence-electron chi connectivity index (χ4n) is 8.82. The van der Waals surface area contributed by atoms with Gasteiger partial charge in [-0.2, -0.15) is 0 Å². The van der Waals surface area contributed by atoms with E-state index in [-0.39, 0.29) is 46.7 Å². The van der Waals surface area contributed by atoms with Crippen LogP contribution in [0, 0.1) is 22.7 Å². The maximum Gasteiger partial charge on any atom is 0.317 e. The molecule has 2 atom stereocenters. The number of rotatable bonds is 15. The van der Waals surface area contributed by atoms with Gasteiger partial charge in [0.05, 0.1) is 0 Å². The van der Waals surface area contributed by atoms with Crippen molar-refractivity contribution in [3.8, 4) is 0 Å². The fourth-order valence-corrected chi connectivity index (χ4v) is 8.82. The largest absolute Gasteiger partial charge is 0.346 e. The van der Waals surface area contributed by atoms with Gasteiger partial charge in [0.2, 0.25) is 11.8 Å². The van der Waals surface area contributed by atoms with Crippen molar-refractivity contribution in [2.75, 3.05) is 60.9 Å². The zero-order chi connectivity index (χ0) is 35.3. The number of urea groups is 2. The molecule has 0 bridgehead atoms. The smallest absolute Gasteiger partial charge is 0.317 e. The van der Waals surface area contributed by atoms with Crippen LogP contribution >= 0.6 is 0 Å². The van der Waals surface area contributed by atoms with E-state index in [9.17, 15) is 19.2 Å². The number of carbonyl (C=O) groups excluding carboxylic acids is 4. The zero-order valence-corrected chi connectivity index (χ0v) is 31.7. The van der Waals surface area contributed by atoms with Gasteiger partial charge in [-0.3, -0.25) is 9.59 Å². The summed E-state index contributed by atoms with van der Waals surface area (Å²) in [6.07, 6.45) is 17.5. The third kappa shape index (κ3) is 13.8. The minimum absolute atomic E-state index is 0.0229. The first kappa shape index (κ1) is 39.9. The van der Waals surface area contributed by atoms with E-state index in [1.807, 2.05) is 38.0 Å². The maximum absolute atomic E-state index is 13.3. The van der Waals surface area contributed by atoms with E-state index in [0.717, 1.165) is 38.5 Å². The molecule has 3 saturated carbocycles. The Balaban J connectivity index is 1.36. The minimum Gasteiger partial charge on any atom is -0.346 e. The van der Waals surface area contributed by atoms with Crippen molar-refractivity contribution in [2.24, 2.45) is 22.7 Å². The molecule has 0 aromatic carbocycles. The van der Waals surface area contributed by atoms with Crippen LogP contribution in [0.1, 0.15) is 130 Å². The molecule has 0 radical (unpaired) electrons. The second kappa shape index (κ2) is 19.0. The Bertz CT molecular complexity index is 1040. The van der Waals surface area contributed by atoms with Gasteiger partial charge in [-0.15, -0.1) is 0 Å². The van der Waals surface area contributed by atoms with E-state index in [1.54, 1.807) is 9.80 Å². The predicted molar refractivity (Wildman–Crippen MR) is 194 cm³/mol. The van der Waals surface area contributed by atoms with Crippen LogP contribution in [0.5, 0.6) is 0 Å². The number of amides is 6. The van der Waals surface area contributed by atoms with Crippen LogP contribution in [0.2, 0.25) is 0 Å². The molecule has 3 fully saturated rings. The number of carbonyl (C=O) groups is 4. The molecule has 0 aromatic rings. The Morgan fingerprint density at radius 2 is 1.08 bits per heavy atom. The topological polar surface area (TPSA) is 105 Å². The summed E-state index contributed by atoms with van der Waals surface area (Å²) in [6.45, 7) is 9.88. The van der Waals surface area contributed by atoms with E-state index >= 15 is 0 Å². The number of nitrogens with zero attached hydrogens (tertiary/aromatic N) is 4. The molecule has 3 rings (SSSR count). The third-order valence-electron chi connectivity index (χ3n) is 11.3. The van der Waals surface area contributed by atoms with Gasteiger partial charge in [0.15, 0.2) is 0 Å². The Labute approximate surface area is 292 Å². The van der Waals surface area contributed by atoms with Crippen LogP contribution in [0.4, 0.5) is 9.59 Å². The highest BCUT2D eigenvalue weighted by atomic mass is 16.2. The van der Waals surface area contributed by atoms with Gasteiger partial charge in [-0.1, -0.05) is 59.3 Å². The van der Waals surface area contributed by atoms with Crippen molar-refractivity contribution < 1.29 is 19.2 Å². The predicted octanol–water partition coefficient (Wildman–Crippen LogP) is 6.49. The fraction of sp³-hybridized carbons (Fsp3) is 0.895. The highest BCUT2D eigenvalue weighted by Gasteiger charge is 2.42. The second-order valence-corrected chi connectivity index (χ2v) is 17.0. The molecule has 6 amide bonds. The summed E-state index contributed by atoms with van der Waals surface area (Å²) in [5.74, 6) is 1.21. The van der Waals surface area contributed by atoms with Crippen LogP contribution in [0.3, 0.4) is 0 Å². The van der Waals surface area contributed by atoms with Crippen molar-refractivity contribution in [1.29, 1.82) is 0 Å². The number of nitrogens with one attached hydrogen (secondary N) is 2. The summed E-state index contributed by atoms with van der Waals surface area (Å²) >= 11 is 0. The lowest BCUT2D eigenvalue weighted by Crippen LogP contribution is -2.47. The molecule has 10 heteroatoms. The molecule has 0 aliphatic heterocycles. The zero-order valence-electron chi connectivity index (χ0n) is 31.7. The average Bonchev–Trinajstić information content (AvgIpc) is 3.03. The molecule has 0 aromatic heterocycles. The van der Waals surface area contributed by atoms with Gasteiger partial charge >= 0.3 is 12.1 Å². The summed E-state index contributed by atoms with van der Waals surface area (Å²) in [5.41, 5.74) is -0.0159. The Morgan fingerprint density at radius 3 is 1.65 bits per heavy atom. The summed E-state index contributed by atoms with van der Waals surface area (Å²) in [4.78, 5) is 58.7. The SMILES string of the molecule is CN(CCCN(C)C(=O)CC1CC(C)(C)CC(C)(CNC(=O)N(C)CCCN(C)C(=O)NC2CCCCC2)C1)C(=O)CC1CCCCC1. The molecule has 10 nitrogen and oxygen atoms in total. The highest BCUT2D eigenvalue weighted by molar-refractivity contribution is 5.77. The van der Waals surface area contributed by atoms with Gasteiger partial charge in [0, 0.05) is 79.8 Å². The lowest BCUT2D eigenvalue weighted by Gasteiger charge is -2.47. The molecule has 0 spiro atoms. The van der Waals surface area contributed by atoms with Gasteiger partial charge in [-0.25, -0.2) is 9.59 Å². The van der Waals surface area contributed by atoms with Crippen molar-refractivity contribution in [2.45, 2.75) is 136 Å². The van der Waals surface area contributed by atoms with Crippen LogP contribution in [-0.4, -0.2) is 110 Å². The maximum atomic E-state index is 13.3. The molecule has 0 heterocycles. The van der Waals surface area contributed by atoms with Crippen molar-refractivity contribution >= 4 is 23.9 Å². The monoisotopic (exact) mass is 675 g/mol. The van der Waals surface area contributed by atoms with Gasteiger partial charge in [-0.05, 0) is 80.5 Å². The minimum atomic E-state index is -0.0966. The van der Waals surface area contributed by atoms with E-state index in [0.29, 0.717) is 57.9 Å². The summed E-state index contributed by atoms with van der Waals surface area (Å²) in [7, 11) is 7.41. The normalized spacial score (nSPS) is 23.2.